The van der Waals surface area contributed by atoms with Crippen LogP contribution in [0.1, 0.15) is 20.8 Å². The molecule has 0 bridgehead atoms. The summed E-state index contributed by atoms with van der Waals surface area (Å²) >= 11 is 0. The van der Waals surface area contributed by atoms with Gasteiger partial charge >= 0.3 is 5.97 Å². The normalized spacial score (nSPS) is 14.1. The number of hydrogen-bond donors (Lipinski definition) is 2. The first-order chi connectivity index (χ1) is 5.40. The lowest BCUT2D eigenvalue weighted by atomic mass is 10.1. The minimum atomic E-state index is -0.407. The molecule has 3 N–H and O–H groups in total. The van der Waals surface area contributed by atoms with Crippen LogP contribution in [0.5, 0.6) is 0 Å². The van der Waals surface area contributed by atoms with E-state index in [1.54, 1.807) is 0 Å². The van der Waals surface area contributed by atoms with Crippen LogP contribution < -0.4 is 11.1 Å². The molecule has 1 atom stereocenters. The van der Waals surface area contributed by atoms with Crippen LogP contribution in [0.2, 0.25) is 0 Å². The number of rotatable bonds is 3. The molecule has 0 saturated carbocycles. The Kier molecular flexibility index (Phi) is 4.20. The van der Waals surface area contributed by atoms with E-state index in [0.717, 1.165) is 0 Å². The van der Waals surface area contributed by atoms with Crippen LogP contribution in [0.25, 0.3) is 0 Å². The van der Waals surface area contributed by atoms with Gasteiger partial charge in [-0.1, -0.05) is 0 Å². The van der Waals surface area contributed by atoms with Gasteiger partial charge in [-0.25, -0.2) is 0 Å². The summed E-state index contributed by atoms with van der Waals surface area (Å²) in [6, 6.07) is -0.407. The SMILES string of the molecule is COC(=O)C(CN)NC(C)(C)C. The Labute approximate surface area is 73.5 Å². The van der Waals surface area contributed by atoms with Gasteiger partial charge in [-0.2, -0.15) is 0 Å². The summed E-state index contributed by atoms with van der Waals surface area (Å²) in [6.45, 7) is 6.17. The van der Waals surface area contributed by atoms with Crippen molar-refractivity contribution >= 4 is 5.97 Å². The Balaban J connectivity index is 4.09. The average molecular weight is 174 g/mol. The van der Waals surface area contributed by atoms with Crippen molar-refractivity contribution in [3.05, 3.63) is 0 Å². The van der Waals surface area contributed by atoms with Gasteiger partial charge in [-0.3, -0.25) is 10.1 Å². The molecule has 0 fully saturated rings. The van der Waals surface area contributed by atoms with E-state index in [-0.39, 0.29) is 18.1 Å². The molecule has 0 aliphatic carbocycles. The van der Waals surface area contributed by atoms with Crippen molar-refractivity contribution in [3.8, 4) is 0 Å². The second kappa shape index (κ2) is 4.42. The van der Waals surface area contributed by atoms with E-state index >= 15 is 0 Å². The number of nitrogens with one attached hydrogen (secondary N) is 1. The Morgan fingerprint density at radius 2 is 2.08 bits per heavy atom. The summed E-state index contributed by atoms with van der Waals surface area (Å²) in [5.74, 6) is -0.313. The van der Waals surface area contributed by atoms with Crippen molar-refractivity contribution < 1.29 is 9.53 Å². The molecule has 12 heavy (non-hydrogen) atoms. The zero-order chi connectivity index (χ0) is 9.78. The highest BCUT2D eigenvalue weighted by Gasteiger charge is 2.22. The lowest BCUT2D eigenvalue weighted by Gasteiger charge is -2.25. The van der Waals surface area contributed by atoms with Gasteiger partial charge in [0, 0.05) is 12.1 Å². The van der Waals surface area contributed by atoms with E-state index in [1.807, 2.05) is 20.8 Å². The molecule has 0 aromatic heterocycles. The van der Waals surface area contributed by atoms with Gasteiger partial charge in [0.25, 0.3) is 0 Å². The van der Waals surface area contributed by atoms with Gasteiger partial charge in [0.15, 0.2) is 0 Å². The summed E-state index contributed by atoms with van der Waals surface area (Å²) in [5, 5.41) is 3.06. The standard InChI is InChI=1S/C8H18N2O2/c1-8(2,3)10-6(5-9)7(11)12-4/h6,10H,5,9H2,1-4H3. The molecule has 0 aromatic carbocycles. The van der Waals surface area contributed by atoms with Crippen LogP contribution in [-0.4, -0.2) is 31.2 Å². The fourth-order valence-corrected chi connectivity index (χ4v) is 0.879. The van der Waals surface area contributed by atoms with Crippen LogP contribution in [-0.2, 0) is 9.53 Å². The summed E-state index contributed by atoms with van der Waals surface area (Å²) in [4.78, 5) is 11.1. The molecule has 0 saturated heterocycles. The quantitative estimate of drug-likeness (QED) is 0.585. The fourth-order valence-electron chi connectivity index (χ4n) is 0.879. The highest BCUT2D eigenvalue weighted by atomic mass is 16.5. The summed E-state index contributed by atoms with van der Waals surface area (Å²) in [5.41, 5.74) is 5.27. The van der Waals surface area contributed by atoms with Crippen LogP contribution >= 0.6 is 0 Å². The zero-order valence-corrected chi connectivity index (χ0v) is 8.18. The maximum Gasteiger partial charge on any atom is 0.324 e. The highest BCUT2D eigenvalue weighted by Crippen LogP contribution is 2.01. The van der Waals surface area contributed by atoms with Gasteiger partial charge in [-0.05, 0) is 20.8 Å². The summed E-state index contributed by atoms with van der Waals surface area (Å²) in [6.07, 6.45) is 0. The predicted molar refractivity (Wildman–Crippen MR) is 47.7 cm³/mol. The lowest BCUT2D eigenvalue weighted by Crippen LogP contribution is -2.51. The number of methoxy groups -OCH3 is 1. The third-order valence-corrected chi connectivity index (χ3v) is 1.33. The number of carbonyl (C=O) groups excluding carboxylic acids is 1. The second-order valence-electron chi connectivity index (χ2n) is 3.71. The molecular weight excluding hydrogens is 156 g/mol. The van der Waals surface area contributed by atoms with Gasteiger partial charge in [0.05, 0.1) is 7.11 Å². The number of nitrogens with two attached hydrogens (primary N) is 1. The fraction of sp³-hybridized carbons (Fsp3) is 0.875. The van der Waals surface area contributed by atoms with Crippen LogP contribution in [0.4, 0.5) is 0 Å². The molecule has 0 aliphatic heterocycles. The monoisotopic (exact) mass is 174 g/mol. The molecule has 0 rings (SSSR count). The van der Waals surface area contributed by atoms with E-state index in [4.69, 9.17) is 5.73 Å². The van der Waals surface area contributed by atoms with E-state index in [2.05, 4.69) is 10.1 Å². The Hall–Kier alpha value is -0.610. The Morgan fingerprint density at radius 3 is 2.33 bits per heavy atom. The number of esters is 1. The minimum Gasteiger partial charge on any atom is -0.468 e. The van der Waals surface area contributed by atoms with Gasteiger partial charge in [-0.15, -0.1) is 0 Å². The molecule has 0 aromatic rings. The molecule has 0 heterocycles. The van der Waals surface area contributed by atoms with Gasteiger partial charge < -0.3 is 10.5 Å². The lowest BCUT2D eigenvalue weighted by molar-refractivity contribution is -0.143. The molecular formula is C8H18N2O2. The summed E-state index contributed by atoms with van der Waals surface area (Å²) < 4.78 is 4.57. The number of hydrogen-bond acceptors (Lipinski definition) is 4. The first-order valence-electron chi connectivity index (χ1n) is 3.96. The first kappa shape index (κ1) is 11.4. The maximum absolute atomic E-state index is 11.1. The van der Waals surface area contributed by atoms with Gasteiger partial charge in [0.2, 0.25) is 0 Å². The molecule has 0 amide bonds. The first-order valence-corrected chi connectivity index (χ1v) is 3.96. The third-order valence-electron chi connectivity index (χ3n) is 1.33. The molecule has 4 nitrogen and oxygen atoms in total. The van der Waals surface area contributed by atoms with E-state index < -0.39 is 6.04 Å². The van der Waals surface area contributed by atoms with E-state index in [1.165, 1.54) is 7.11 Å². The molecule has 0 spiro atoms. The van der Waals surface area contributed by atoms with Crippen molar-refractivity contribution in [1.29, 1.82) is 0 Å². The van der Waals surface area contributed by atoms with Crippen molar-refractivity contribution in [2.75, 3.05) is 13.7 Å². The zero-order valence-electron chi connectivity index (χ0n) is 8.18. The minimum absolute atomic E-state index is 0.127. The molecule has 72 valence electrons. The highest BCUT2D eigenvalue weighted by molar-refractivity contribution is 5.76. The smallest absolute Gasteiger partial charge is 0.324 e. The van der Waals surface area contributed by atoms with Crippen molar-refractivity contribution in [3.63, 3.8) is 0 Å². The van der Waals surface area contributed by atoms with E-state index in [0.29, 0.717) is 0 Å². The Bertz CT molecular complexity index is 152. The number of ether oxygens (including phenoxy) is 1. The van der Waals surface area contributed by atoms with Crippen LogP contribution in [0, 0.1) is 0 Å². The molecule has 0 aliphatic rings. The maximum atomic E-state index is 11.1. The number of carbonyl (C=O) groups is 1. The van der Waals surface area contributed by atoms with Crippen molar-refractivity contribution in [2.45, 2.75) is 32.4 Å². The second-order valence-corrected chi connectivity index (χ2v) is 3.71. The topological polar surface area (TPSA) is 64.3 Å². The van der Waals surface area contributed by atoms with Crippen LogP contribution in [0.15, 0.2) is 0 Å². The molecule has 4 heteroatoms. The Morgan fingerprint density at radius 1 is 1.58 bits per heavy atom. The van der Waals surface area contributed by atoms with Gasteiger partial charge in [0.1, 0.15) is 6.04 Å². The van der Waals surface area contributed by atoms with Crippen LogP contribution in [0.3, 0.4) is 0 Å². The van der Waals surface area contributed by atoms with Crippen molar-refractivity contribution in [2.24, 2.45) is 5.73 Å². The average Bonchev–Trinajstić information content (AvgIpc) is 1.97. The van der Waals surface area contributed by atoms with Crippen molar-refractivity contribution in [1.82, 2.24) is 5.32 Å². The third kappa shape index (κ3) is 4.31. The molecule has 1 unspecified atom stereocenters. The molecule has 0 radical (unpaired) electrons. The largest absolute Gasteiger partial charge is 0.468 e. The summed E-state index contributed by atoms with van der Waals surface area (Å²) in [7, 11) is 1.36. The predicted octanol–water partition coefficient (Wildman–Crippen LogP) is -0.125. The van der Waals surface area contributed by atoms with E-state index in [9.17, 15) is 4.79 Å².